The van der Waals surface area contributed by atoms with Crippen molar-refractivity contribution in [2.24, 2.45) is 0 Å². The van der Waals surface area contributed by atoms with Gasteiger partial charge in [-0.3, -0.25) is 9.78 Å². The molecule has 64 valence electrons. The van der Waals surface area contributed by atoms with Gasteiger partial charge in [-0.05, 0) is 19.1 Å². The van der Waals surface area contributed by atoms with Crippen LogP contribution >= 0.6 is 0 Å². The number of carboxylic acids is 1. The number of nitrogens with two attached hydrogens (primary N) is 1. The van der Waals surface area contributed by atoms with Crippen molar-refractivity contribution in [3.05, 3.63) is 24.0 Å². The van der Waals surface area contributed by atoms with Gasteiger partial charge in [-0.15, -0.1) is 0 Å². The topological polar surface area (TPSA) is 76.2 Å². The van der Waals surface area contributed by atoms with Crippen LogP contribution in [0.4, 0.5) is 5.69 Å². The Hall–Kier alpha value is -1.58. The summed E-state index contributed by atoms with van der Waals surface area (Å²) in [7, 11) is 0. The number of hydrogen-bond acceptors (Lipinski definition) is 3. The molecule has 1 aromatic rings. The van der Waals surface area contributed by atoms with Crippen molar-refractivity contribution in [3.8, 4) is 0 Å². The SMILES string of the molecule is CC(C(=O)O)c1cc(N)ccn1. The standard InChI is InChI=1S/C8H10N2O2/c1-5(8(11)12)7-4-6(9)2-3-10-7/h2-5H,1H3,(H2,9,10)(H,11,12). The molecule has 0 saturated carbocycles. The second-order valence-electron chi connectivity index (χ2n) is 2.57. The van der Waals surface area contributed by atoms with E-state index in [1.54, 1.807) is 19.1 Å². The van der Waals surface area contributed by atoms with Crippen molar-refractivity contribution in [3.63, 3.8) is 0 Å². The van der Waals surface area contributed by atoms with E-state index in [2.05, 4.69) is 4.98 Å². The van der Waals surface area contributed by atoms with Crippen LogP contribution in [0.3, 0.4) is 0 Å². The van der Waals surface area contributed by atoms with Crippen LogP contribution in [0.1, 0.15) is 18.5 Å². The van der Waals surface area contributed by atoms with Crippen molar-refractivity contribution in [1.29, 1.82) is 0 Å². The zero-order valence-corrected chi connectivity index (χ0v) is 6.69. The van der Waals surface area contributed by atoms with Crippen LogP contribution in [0.15, 0.2) is 18.3 Å². The average Bonchev–Trinajstić information content (AvgIpc) is 2.03. The highest BCUT2D eigenvalue weighted by Gasteiger charge is 2.14. The number of pyridine rings is 1. The Balaban J connectivity index is 2.95. The molecule has 0 fully saturated rings. The lowest BCUT2D eigenvalue weighted by molar-refractivity contribution is -0.138. The fourth-order valence-electron chi connectivity index (χ4n) is 0.829. The second-order valence-corrected chi connectivity index (χ2v) is 2.57. The summed E-state index contributed by atoms with van der Waals surface area (Å²) >= 11 is 0. The minimum atomic E-state index is -0.895. The predicted molar refractivity (Wildman–Crippen MR) is 44.7 cm³/mol. The van der Waals surface area contributed by atoms with Gasteiger partial charge in [0.15, 0.2) is 0 Å². The first-order valence-electron chi connectivity index (χ1n) is 3.55. The number of carboxylic acid groups (broad SMARTS) is 1. The summed E-state index contributed by atoms with van der Waals surface area (Å²) in [6, 6.07) is 3.19. The van der Waals surface area contributed by atoms with Gasteiger partial charge in [-0.25, -0.2) is 0 Å². The van der Waals surface area contributed by atoms with Crippen LogP contribution < -0.4 is 5.73 Å². The molecule has 4 nitrogen and oxygen atoms in total. The van der Waals surface area contributed by atoms with Crippen molar-refractivity contribution in [2.75, 3.05) is 5.73 Å². The van der Waals surface area contributed by atoms with Crippen LogP contribution in [0.25, 0.3) is 0 Å². The monoisotopic (exact) mass is 166 g/mol. The van der Waals surface area contributed by atoms with Gasteiger partial charge in [0.1, 0.15) is 0 Å². The van der Waals surface area contributed by atoms with Crippen LogP contribution in [-0.2, 0) is 4.79 Å². The van der Waals surface area contributed by atoms with Gasteiger partial charge in [-0.1, -0.05) is 0 Å². The maximum atomic E-state index is 10.5. The number of aliphatic carboxylic acids is 1. The third kappa shape index (κ3) is 1.72. The van der Waals surface area contributed by atoms with E-state index >= 15 is 0 Å². The second kappa shape index (κ2) is 3.21. The van der Waals surface area contributed by atoms with E-state index < -0.39 is 11.9 Å². The molecule has 1 heterocycles. The molecule has 0 bridgehead atoms. The molecule has 0 aliphatic heterocycles. The minimum absolute atomic E-state index is 0.488. The molecule has 0 aliphatic carbocycles. The summed E-state index contributed by atoms with van der Waals surface area (Å²) in [6.07, 6.45) is 1.50. The Labute approximate surface area is 70.0 Å². The summed E-state index contributed by atoms with van der Waals surface area (Å²) in [4.78, 5) is 14.4. The highest BCUT2D eigenvalue weighted by Crippen LogP contribution is 2.14. The highest BCUT2D eigenvalue weighted by atomic mass is 16.4. The molecule has 1 rings (SSSR count). The van der Waals surface area contributed by atoms with Crippen LogP contribution in [0.5, 0.6) is 0 Å². The van der Waals surface area contributed by atoms with Crippen molar-refractivity contribution in [1.82, 2.24) is 4.98 Å². The van der Waals surface area contributed by atoms with Gasteiger partial charge in [0.25, 0.3) is 0 Å². The van der Waals surface area contributed by atoms with E-state index in [1.165, 1.54) is 6.20 Å². The quantitative estimate of drug-likeness (QED) is 0.682. The Morgan fingerprint density at radius 3 is 2.92 bits per heavy atom. The molecule has 3 N–H and O–H groups in total. The van der Waals surface area contributed by atoms with Gasteiger partial charge in [0, 0.05) is 11.9 Å². The first-order valence-corrected chi connectivity index (χ1v) is 3.55. The highest BCUT2D eigenvalue weighted by molar-refractivity contribution is 5.75. The molecule has 0 saturated heterocycles. The molecule has 1 aromatic heterocycles. The summed E-state index contributed by atoms with van der Waals surface area (Å²) in [5.74, 6) is -1.50. The molecule has 0 amide bonds. The van der Waals surface area contributed by atoms with Gasteiger partial charge >= 0.3 is 5.97 Å². The van der Waals surface area contributed by atoms with Crippen LogP contribution in [0, 0.1) is 0 Å². The predicted octanol–water partition coefficient (Wildman–Crippen LogP) is 0.852. The van der Waals surface area contributed by atoms with E-state index in [-0.39, 0.29) is 0 Å². The molecule has 1 unspecified atom stereocenters. The number of carbonyl (C=O) groups is 1. The molecule has 0 radical (unpaired) electrons. The van der Waals surface area contributed by atoms with Gasteiger partial charge in [0.2, 0.25) is 0 Å². The smallest absolute Gasteiger partial charge is 0.312 e. The lowest BCUT2D eigenvalue weighted by atomic mass is 10.1. The number of anilines is 1. The molecule has 1 atom stereocenters. The third-order valence-electron chi connectivity index (χ3n) is 1.62. The number of nitrogens with zero attached hydrogens (tertiary/aromatic N) is 1. The molecule has 12 heavy (non-hydrogen) atoms. The first-order chi connectivity index (χ1) is 5.61. The van der Waals surface area contributed by atoms with E-state index in [0.29, 0.717) is 11.4 Å². The van der Waals surface area contributed by atoms with Crippen molar-refractivity contribution in [2.45, 2.75) is 12.8 Å². The van der Waals surface area contributed by atoms with E-state index in [4.69, 9.17) is 10.8 Å². The Kier molecular flexibility index (Phi) is 2.28. The number of aromatic nitrogens is 1. The lowest BCUT2D eigenvalue weighted by Gasteiger charge is -2.04. The fraction of sp³-hybridized carbons (Fsp3) is 0.250. The van der Waals surface area contributed by atoms with Crippen molar-refractivity contribution < 1.29 is 9.90 Å². The number of hydrogen-bond donors (Lipinski definition) is 2. The molecular weight excluding hydrogens is 156 g/mol. The zero-order valence-electron chi connectivity index (χ0n) is 6.69. The maximum absolute atomic E-state index is 10.5. The Morgan fingerprint density at radius 1 is 1.75 bits per heavy atom. The molecule has 0 aliphatic rings. The lowest BCUT2D eigenvalue weighted by Crippen LogP contribution is -2.09. The zero-order chi connectivity index (χ0) is 9.14. The number of nitrogen functional groups attached to an aromatic ring is 1. The van der Waals surface area contributed by atoms with Gasteiger partial charge in [-0.2, -0.15) is 0 Å². The summed E-state index contributed by atoms with van der Waals surface area (Å²) in [5, 5.41) is 8.65. The summed E-state index contributed by atoms with van der Waals surface area (Å²) < 4.78 is 0. The van der Waals surface area contributed by atoms with Crippen molar-refractivity contribution >= 4 is 11.7 Å². The van der Waals surface area contributed by atoms with E-state index in [1.807, 2.05) is 0 Å². The third-order valence-corrected chi connectivity index (χ3v) is 1.62. The Bertz CT molecular complexity index is 299. The summed E-state index contributed by atoms with van der Waals surface area (Å²) in [6.45, 7) is 1.57. The minimum Gasteiger partial charge on any atom is -0.481 e. The molecule has 0 spiro atoms. The average molecular weight is 166 g/mol. The molecule has 4 heteroatoms. The Morgan fingerprint density at radius 2 is 2.42 bits per heavy atom. The summed E-state index contributed by atoms with van der Waals surface area (Å²) in [5.41, 5.74) is 6.49. The molecular formula is C8H10N2O2. The van der Waals surface area contributed by atoms with Gasteiger partial charge < -0.3 is 10.8 Å². The molecule has 0 aromatic carbocycles. The largest absolute Gasteiger partial charge is 0.481 e. The van der Waals surface area contributed by atoms with Gasteiger partial charge in [0.05, 0.1) is 11.6 Å². The number of rotatable bonds is 2. The van der Waals surface area contributed by atoms with E-state index in [0.717, 1.165) is 0 Å². The van der Waals surface area contributed by atoms with Crippen LogP contribution in [-0.4, -0.2) is 16.1 Å². The normalized spacial score (nSPS) is 12.4. The van der Waals surface area contributed by atoms with E-state index in [9.17, 15) is 4.79 Å². The first kappa shape index (κ1) is 8.52. The van der Waals surface area contributed by atoms with Crippen LogP contribution in [0.2, 0.25) is 0 Å². The fourth-order valence-corrected chi connectivity index (χ4v) is 0.829. The maximum Gasteiger partial charge on any atom is 0.312 e.